The van der Waals surface area contributed by atoms with Crippen LogP contribution in [0, 0.1) is 11.8 Å². The normalized spacial score (nSPS) is 38.3. The van der Waals surface area contributed by atoms with Crippen LogP contribution in [0.3, 0.4) is 0 Å². The summed E-state index contributed by atoms with van der Waals surface area (Å²) in [6, 6.07) is 8.27. The van der Waals surface area contributed by atoms with E-state index in [1.807, 2.05) is 16.2 Å². The Bertz CT molecular complexity index is 1160. The summed E-state index contributed by atoms with van der Waals surface area (Å²) in [6.45, 7) is 11.2. The van der Waals surface area contributed by atoms with Crippen LogP contribution in [0.1, 0.15) is 70.3 Å². The summed E-state index contributed by atoms with van der Waals surface area (Å²) in [4.78, 5) is 13.0. The van der Waals surface area contributed by atoms with E-state index in [0.29, 0.717) is 13.0 Å². The molecule has 0 aromatic heterocycles. The minimum absolute atomic E-state index is 0.00974. The average molecular weight is 661 g/mol. The fourth-order valence-corrected chi connectivity index (χ4v) is 6.74. The number of esters is 1. The second-order valence-electron chi connectivity index (χ2n) is 11.7. The van der Waals surface area contributed by atoms with Crippen molar-refractivity contribution in [3.05, 3.63) is 75.4 Å². The van der Waals surface area contributed by atoms with Gasteiger partial charge in [-0.1, -0.05) is 85.0 Å². The van der Waals surface area contributed by atoms with E-state index in [1.165, 1.54) is 5.57 Å². The summed E-state index contributed by atoms with van der Waals surface area (Å²) in [6.07, 6.45) is 10.5. The first kappa shape index (κ1) is 29.7. The van der Waals surface area contributed by atoms with Gasteiger partial charge in [0.25, 0.3) is 0 Å². The van der Waals surface area contributed by atoms with Crippen LogP contribution >= 0.6 is 22.6 Å². The van der Waals surface area contributed by atoms with Gasteiger partial charge in [0, 0.05) is 29.9 Å². The molecule has 0 aliphatic carbocycles. The molecule has 7 heteroatoms. The van der Waals surface area contributed by atoms with Crippen molar-refractivity contribution >= 4 is 34.6 Å². The van der Waals surface area contributed by atoms with E-state index >= 15 is 0 Å². The Labute approximate surface area is 251 Å². The molecule has 0 radical (unpaired) electrons. The Morgan fingerprint density at radius 3 is 2.70 bits per heavy atom. The van der Waals surface area contributed by atoms with Crippen LogP contribution < -0.4 is 0 Å². The highest BCUT2D eigenvalue weighted by atomic mass is 127. The van der Waals surface area contributed by atoms with E-state index in [1.54, 1.807) is 6.08 Å². The predicted molar refractivity (Wildman–Crippen MR) is 164 cm³/mol. The Hall–Kier alpha value is -1.78. The van der Waals surface area contributed by atoms with Gasteiger partial charge in [-0.3, -0.25) is 0 Å². The van der Waals surface area contributed by atoms with Gasteiger partial charge in [0.15, 0.2) is 6.29 Å². The molecule has 5 rings (SSSR count). The molecule has 6 nitrogen and oxygen atoms in total. The van der Waals surface area contributed by atoms with E-state index in [2.05, 4.69) is 80.3 Å². The Kier molecular flexibility index (Phi) is 10.00. The molecule has 3 fully saturated rings. The lowest BCUT2D eigenvalue weighted by Crippen LogP contribution is -2.50. The maximum Gasteiger partial charge on any atom is 0.330 e. The molecule has 216 valence electrons. The summed E-state index contributed by atoms with van der Waals surface area (Å²) in [7, 11) is 0. The molecule has 0 amide bonds. The molecule has 1 aromatic carbocycles. The van der Waals surface area contributed by atoms with Crippen molar-refractivity contribution in [1.82, 2.24) is 0 Å². The molecular formula is C33H41IO6. The maximum absolute atomic E-state index is 13.0. The van der Waals surface area contributed by atoms with Crippen LogP contribution in [0.15, 0.2) is 64.3 Å². The molecule has 3 saturated heterocycles. The van der Waals surface area contributed by atoms with Gasteiger partial charge in [0.2, 0.25) is 0 Å². The molecule has 40 heavy (non-hydrogen) atoms. The van der Waals surface area contributed by atoms with Gasteiger partial charge in [-0.05, 0) is 53.9 Å². The summed E-state index contributed by atoms with van der Waals surface area (Å²) < 4.78 is 33.7. The minimum atomic E-state index is -0.404. The van der Waals surface area contributed by atoms with Gasteiger partial charge >= 0.3 is 5.97 Å². The largest absolute Gasteiger partial charge is 0.458 e. The molecule has 1 aromatic rings. The number of fused-ring (bicyclic) bond motifs is 9. The molecule has 0 saturated carbocycles. The molecule has 8 bridgehead atoms. The molecule has 0 unspecified atom stereocenters. The van der Waals surface area contributed by atoms with Crippen molar-refractivity contribution in [2.24, 2.45) is 11.8 Å². The van der Waals surface area contributed by atoms with E-state index < -0.39 is 6.29 Å². The standard InChI is InChI=1S/C33H41IO6/c1-20-15-26-9-6-10-30(35)40-32-22(3)29(39-31(23(32)4)21(2)19-34)12-11-24-7-5-8-25(17-24)33-36-14-13-27(38-33)18-28(16-20)37-26/h5-8,10-12,17,19,22-23,26-29,31-33H,1,9,13-16,18H2,2-4H3/b10-6+,12-11?,21-19+/t22-,23-,26-,27-,28+,29+,31-,32-,33-/m0/s1. The van der Waals surface area contributed by atoms with Gasteiger partial charge in [-0.2, -0.15) is 0 Å². The van der Waals surface area contributed by atoms with Gasteiger partial charge < -0.3 is 23.7 Å². The summed E-state index contributed by atoms with van der Waals surface area (Å²) >= 11 is 2.25. The van der Waals surface area contributed by atoms with Crippen molar-refractivity contribution in [2.75, 3.05) is 6.61 Å². The van der Waals surface area contributed by atoms with Crippen LogP contribution in [0.5, 0.6) is 0 Å². The molecule has 0 N–H and O–H groups in total. The number of hydrogen-bond donors (Lipinski definition) is 0. The van der Waals surface area contributed by atoms with Gasteiger partial charge in [-0.15, -0.1) is 0 Å². The van der Waals surface area contributed by atoms with Crippen LogP contribution in [0.25, 0.3) is 6.08 Å². The third-order valence-electron chi connectivity index (χ3n) is 8.49. The zero-order valence-corrected chi connectivity index (χ0v) is 25.8. The minimum Gasteiger partial charge on any atom is -0.458 e. The number of hydrogen-bond acceptors (Lipinski definition) is 6. The number of carbonyl (C=O) groups excluding carboxylic acids is 1. The molecule has 4 heterocycles. The number of carbonyl (C=O) groups is 1. The SMILES string of the molecule is C=C1C[C@@H]2C[C@@H]3CCO[C@@H](O3)c3cccc(c3)C=C[C@H]3O[C@@H](/C(C)=C/I)[C@H](C)[C@@H](OC(=O)/C=C/C[C@@H](C1)O2)[C@H]3C. The van der Waals surface area contributed by atoms with Crippen molar-refractivity contribution in [3.8, 4) is 0 Å². The number of halogens is 1. The second-order valence-corrected chi connectivity index (χ2v) is 12.3. The van der Waals surface area contributed by atoms with Crippen molar-refractivity contribution < 1.29 is 28.5 Å². The Balaban J connectivity index is 1.46. The number of ether oxygens (including phenoxy) is 5. The van der Waals surface area contributed by atoms with Gasteiger partial charge in [0.1, 0.15) is 6.10 Å². The highest BCUT2D eigenvalue weighted by Crippen LogP contribution is 2.37. The zero-order chi connectivity index (χ0) is 28.2. The third kappa shape index (κ3) is 7.16. The predicted octanol–water partition coefficient (Wildman–Crippen LogP) is 7.25. The number of benzene rings is 1. The quantitative estimate of drug-likeness (QED) is 0.180. The lowest BCUT2D eigenvalue weighted by Gasteiger charge is -2.43. The van der Waals surface area contributed by atoms with Crippen LogP contribution in [-0.2, 0) is 28.5 Å². The molecule has 0 spiro atoms. The van der Waals surface area contributed by atoms with Crippen molar-refractivity contribution in [2.45, 2.75) is 95.8 Å². The molecule has 4 aliphatic heterocycles. The van der Waals surface area contributed by atoms with E-state index in [-0.39, 0.29) is 54.4 Å². The van der Waals surface area contributed by atoms with E-state index in [4.69, 9.17) is 23.7 Å². The molecular weight excluding hydrogens is 619 g/mol. The zero-order valence-electron chi connectivity index (χ0n) is 23.7. The lowest BCUT2D eigenvalue weighted by atomic mass is 9.80. The Morgan fingerprint density at radius 2 is 1.88 bits per heavy atom. The molecule has 9 atom stereocenters. The second kappa shape index (κ2) is 13.5. The third-order valence-corrected chi connectivity index (χ3v) is 9.47. The maximum atomic E-state index is 13.0. The smallest absolute Gasteiger partial charge is 0.330 e. The first-order valence-corrected chi connectivity index (χ1v) is 15.7. The number of rotatable bonds is 1. The summed E-state index contributed by atoms with van der Waals surface area (Å²) in [5, 5.41) is 0. The Morgan fingerprint density at radius 1 is 1.05 bits per heavy atom. The average Bonchev–Trinajstić information content (AvgIpc) is 2.94. The highest BCUT2D eigenvalue weighted by molar-refractivity contribution is 14.1. The fraction of sp³-hybridized carbons (Fsp3) is 0.545. The van der Waals surface area contributed by atoms with Crippen molar-refractivity contribution in [3.63, 3.8) is 0 Å². The van der Waals surface area contributed by atoms with Crippen LogP contribution in [0.4, 0.5) is 0 Å². The van der Waals surface area contributed by atoms with E-state index in [9.17, 15) is 4.79 Å². The van der Waals surface area contributed by atoms with Crippen molar-refractivity contribution in [1.29, 1.82) is 0 Å². The van der Waals surface area contributed by atoms with Crippen LogP contribution in [-0.4, -0.2) is 49.2 Å². The van der Waals surface area contributed by atoms with Gasteiger partial charge in [0.05, 0.1) is 37.1 Å². The first-order chi connectivity index (χ1) is 19.3. The van der Waals surface area contributed by atoms with Crippen LogP contribution in [0.2, 0.25) is 0 Å². The topological polar surface area (TPSA) is 63.2 Å². The van der Waals surface area contributed by atoms with E-state index in [0.717, 1.165) is 42.4 Å². The monoisotopic (exact) mass is 660 g/mol. The summed E-state index contributed by atoms with van der Waals surface area (Å²) in [5.74, 6) is -0.325. The summed E-state index contributed by atoms with van der Waals surface area (Å²) in [5.41, 5.74) is 4.34. The molecule has 4 aliphatic rings. The highest BCUT2D eigenvalue weighted by Gasteiger charge is 2.43. The lowest BCUT2D eigenvalue weighted by molar-refractivity contribution is -0.225. The van der Waals surface area contributed by atoms with Gasteiger partial charge in [-0.25, -0.2) is 4.79 Å². The fourth-order valence-electron chi connectivity index (χ4n) is 6.38. The first-order valence-electron chi connectivity index (χ1n) is 14.5.